The number of aliphatic carboxylic acids is 1. The van der Waals surface area contributed by atoms with Crippen LogP contribution < -0.4 is 0 Å². The van der Waals surface area contributed by atoms with Gasteiger partial charge < -0.3 is 14.7 Å². The predicted octanol–water partition coefficient (Wildman–Crippen LogP) is 0.0152. The number of rotatable bonds is 2. The van der Waals surface area contributed by atoms with Gasteiger partial charge in [-0.15, -0.1) is 0 Å². The smallest absolute Gasteiger partial charge is 0.394 e. The SMILES string of the molecule is CCOC(=O)C1CCCCN1C(=O)C(=O)O. The van der Waals surface area contributed by atoms with E-state index >= 15 is 0 Å². The topological polar surface area (TPSA) is 83.9 Å². The molecule has 0 bridgehead atoms. The van der Waals surface area contributed by atoms with Crippen LogP contribution in [0.4, 0.5) is 0 Å². The first-order chi connectivity index (χ1) is 7.57. The Morgan fingerprint density at radius 3 is 2.62 bits per heavy atom. The van der Waals surface area contributed by atoms with Crippen LogP contribution in [0.3, 0.4) is 0 Å². The molecule has 90 valence electrons. The minimum absolute atomic E-state index is 0.227. The molecule has 16 heavy (non-hydrogen) atoms. The van der Waals surface area contributed by atoms with Gasteiger partial charge in [0.1, 0.15) is 6.04 Å². The molecule has 1 amide bonds. The van der Waals surface area contributed by atoms with Gasteiger partial charge in [-0.1, -0.05) is 0 Å². The fourth-order valence-electron chi connectivity index (χ4n) is 1.78. The second kappa shape index (κ2) is 5.48. The van der Waals surface area contributed by atoms with E-state index in [0.29, 0.717) is 13.0 Å². The van der Waals surface area contributed by atoms with Crippen molar-refractivity contribution in [2.24, 2.45) is 0 Å². The van der Waals surface area contributed by atoms with E-state index in [2.05, 4.69) is 0 Å². The second-order valence-corrected chi connectivity index (χ2v) is 3.57. The summed E-state index contributed by atoms with van der Waals surface area (Å²) < 4.78 is 4.82. The van der Waals surface area contributed by atoms with E-state index < -0.39 is 23.9 Å². The summed E-state index contributed by atoms with van der Waals surface area (Å²) in [6.07, 6.45) is 1.99. The minimum atomic E-state index is -1.53. The molecule has 0 aliphatic carbocycles. The molecular weight excluding hydrogens is 214 g/mol. The highest BCUT2D eigenvalue weighted by molar-refractivity contribution is 6.31. The van der Waals surface area contributed by atoms with Crippen molar-refractivity contribution in [1.82, 2.24) is 4.90 Å². The second-order valence-electron chi connectivity index (χ2n) is 3.57. The third-order valence-corrected chi connectivity index (χ3v) is 2.51. The summed E-state index contributed by atoms with van der Waals surface area (Å²) in [5.74, 6) is -3.08. The van der Waals surface area contributed by atoms with Crippen molar-refractivity contribution in [3.8, 4) is 0 Å². The highest BCUT2D eigenvalue weighted by Gasteiger charge is 2.35. The van der Waals surface area contributed by atoms with Crippen LogP contribution in [0.5, 0.6) is 0 Å². The van der Waals surface area contributed by atoms with Crippen LogP contribution in [0, 0.1) is 0 Å². The van der Waals surface area contributed by atoms with Crippen molar-refractivity contribution in [3.05, 3.63) is 0 Å². The first kappa shape index (κ1) is 12.5. The molecule has 1 rings (SSSR count). The molecule has 0 aromatic heterocycles. The fraction of sp³-hybridized carbons (Fsp3) is 0.700. The lowest BCUT2D eigenvalue weighted by atomic mass is 10.0. The number of nitrogens with zero attached hydrogens (tertiary/aromatic N) is 1. The van der Waals surface area contributed by atoms with Crippen LogP contribution in [0.25, 0.3) is 0 Å². The summed E-state index contributed by atoms with van der Waals surface area (Å²) in [5, 5.41) is 8.62. The van der Waals surface area contributed by atoms with Crippen LogP contribution in [-0.4, -0.2) is 47.0 Å². The Kier molecular flexibility index (Phi) is 4.28. The Morgan fingerprint density at radius 1 is 1.38 bits per heavy atom. The average molecular weight is 229 g/mol. The van der Waals surface area contributed by atoms with E-state index in [-0.39, 0.29) is 6.61 Å². The summed E-state index contributed by atoms with van der Waals surface area (Å²) in [7, 11) is 0. The Morgan fingerprint density at radius 2 is 2.06 bits per heavy atom. The van der Waals surface area contributed by atoms with Crippen LogP contribution in [0.2, 0.25) is 0 Å². The highest BCUT2D eigenvalue weighted by atomic mass is 16.5. The maximum Gasteiger partial charge on any atom is 0.394 e. The van der Waals surface area contributed by atoms with E-state index in [9.17, 15) is 14.4 Å². The zero-order chi connectivity index (χ0) is 12.1. The number of esters is 1. The molecule has 0 aromatic carbocycles. The molecule has 1 saturated heterocycles. The summed E-state index contributed by atoms with van der Waals surface area (Å²) in [6, 6.07) is -0.739. The van der Waals surface area contributed by atoms with E-state index in [1.54, 1.807) is 6.92 Å². The number of likely N-dealkylation sites (tertiary alicyclic amines) is 1. The summed E-state index contributed by atoms with van der Waals surface area (Å²) in [5.41, 5.74) is 0. The van der Waals surface area contributed by atoms with Gasteiger partial charge >= 0.3 is 17.8 Å². The third-order valence-electron chi connectivity index (χ3n) is 2.51. The molecule has 1 unspecified atom stereocenters. The Bertz CT molecular complexity index is 302. The number of hydrogen-bond donors (Lipinski definition) is 1. The number of piperidine rings is 1. The number of carboxylic acid groups (broad SMARTS) is 1. The molecule has 1 N–H and O–H groups in total. The zero-order valence-electron chi connectivity index (χ0n) is 9.14. The van der Waals surface area contributed by atoms with Gasteiger partial charge in [0.15, 0.2) is 0 Å². The standard InChI is InChI=1S/C10H15NO5/c1-2-16-10(15)7-5-3-4-6-11(7)8(12)9(13)14/h7H,2-6H2,1H3,(H,13,14). The number of amides is 1. The molecule has 6 nitrogen and oxygen atoms in total. The van der Waals surface area contributed by atoms with Crippen LogP contribution >= 0.6 is 0 Å². The van der Waals surface area contributed by atoms with Crippen molar-refractivity contribution in [1.29, 1.82) is 0 Å². The molecule has 1 atom stereocenters. The lowest BCUT2D eigenvalue weighted by molar-refractivity contribution is -0.164. The van der Waals surface area contributed by atoms with Crippen LogP contribution in [-0.2, 0) is 19.1 Å². The molecule has 1 aliphatic heterocycles. The monoisotopic (exact) mass is 229 g/mol. The van der Waals surface area contributed by atoms with Gasteiger partial charge in [-0.2, -0.15) is 0 Å². The Balaban J connectivity index is 2.74. The summed E-state index contributed by atoms with van der Waals surface area (Å²) >= 11 is 0. The van der Waals surface area contributed by atoms with E-state index in [4.69, 9.17) is 9.84 Å². The number of hydrogen-bond acceptors (Lipinski definition) is 4. The minimum Gasteiger partial charge on any atom is -0.474 e. The lowest BCUT2D eigenvalue weighted by Crippen LogP contribution is -2.50. The summed E-state index contributed by atoms with van der Waals surface area (Å²) in [4.78, 5) is 34.5. The van der Waals surface area contributed by atoms with Gasteiger partial charge in [-0.25, -0.2) is 9.59 Å². The molecule has 0 saturated carbocycles. The maximum atomic E-state index is 11.5. The van der Waals surface area contributed by atoms with Crippen LogP contribution in [0.15, 0.2) is 0 Å². The van der Waals surface area contributed by atoms with Gasteiger partial charge in [-0.05, 0) is 26.2 Å². The predicted molar refractivity (Wildman–Crippen MR) is 53.6 cm³/mol. The van der Waals surface area contributed by atoms with Crippen molar-refractivity contribution in [3.63, 3.8) is 0 Å². The molecule has 1 heterocycles. The Labute approximate surface area is 93.2 Å². The van der Waals surface area contributed by atoms with Gasteiger partial charge in [-0.3, -0.25) is 4.79 Å². The molecule has 0 radical (unpaired) electrons. The van der Waals surface area contributed by atoms with Crippen LogP contribution in [0.1, 0.15) is 26.2 Å². The molecule has 1 aliphatic rings. The zero-order valence-corrected chi connectivity index (χ0v) is 9.14. The van der Waals surface area contributed by atoms with E-state index in [0.717, 1.165) is 17.7 Å². The van der Waals surface area contributed by atoms with Crippen molar-refractivity contribution in [2.45, 2.75) is 32.2 Å². The fourth-order valence-corrected chi connectivity index (χ4v) is 1.78. The third kappa shape index (κ3) is 2.71. The quantitative estimate of drug-likeness (QED) is 0.533. The summed E-state index contributed by atoms with van der Waals surface area (Å²) in [6.45, 7) is 2.20. The molecule has 6 heteroatoms. The first-order valence-electron chi connectivity index (χ1n) is 5.28. The average Bonchev–Trinajstić information content (AvgIpc) is 2.28. The Hall–Kier alpha value is -1.59. The van der Waals surface area contributed by atoms with Crippen molar-refractivity contribution >= 4 is 17.8 Å². The number of carbonyl (C=O) groups is 3. The largest absolute Gasteiger partial charge is 0.474 e. The molecule has 0 aromatic rings. The molecule has 1 fully saturated rings. The van der Waals surface area contributed by atoms with Crippen molar-refractivity contribution in [2.75, 3.05) is 13.2 Å². The van der Waals surface area contributed by atoms with E-state index in [1.165, 1.54) is 0 Å². The number of carbonyl (C=O) groups excluding carboxylic acids is 2. The molecular formula is C10H15NO5. The van der Waals surface area contributed by atoms with Gasteiger partial charge in [0.05, 0.1) is 6.61 Å². The van der Waals surface area contributed by atoms with Gasteiger partial charge in [0, 0.05) is 6.54 Å². The van der Waals surface area contributed by atoms with Crippen molar-refractivity contribution < 1.29 is 24.2 Å². The maximum absolute atomic E-state index is 11.5. The number of ether oxygens (including phenoxy) is 1. The van der Waals surface area contributed by atoms with Gasteiger partial charge in [0.25, 0.3) is 0 Å². The van der Waals surface area contributed by atoms with Gasteiger partial charge in [0.2, 0.25) is 0 Å². The first-order valence-corrected chi connectivity index (χ1v) is 5.28. The lowest BCUT2D eigenvalue weighted by Gasteiger charge is -2.32. The number of carboxylic acids is 1. The van der Waals surface area contributed by atoms with E-state index in [1.807, 2.05) is 0 Å². The normalized spacial score (nSPS) is 20.3. The molecule has 0 spiro atoms. The highest BCUT2D eigenvalue weighted by Crippen LogP contribution is 2.18.